The molecule has 0 fully saturated rings. The van der Waals surface area contributed by atoms with Gasteiger partial charge in [-0.05, 0) is 54.4 Å². The van der Waals surface area contributed by atoms with Gasteiger partial charge in [-0.3, -0.25) is 9.98 Å². The van der Waals surface area contributed by atoms with Crippen molar-refractivity contribution >= 4 is 23.2 Å². The Bertz CT molecular complexity index is 1220. The number of amidine groups is 1. The molecule has 32 heavy (non-hydrogen) atoms. The molecule has 0 saturated heterocycles. The molecule has 0 bridgehead atoms. The highest BCUT2D eigenvalue weighted by Gasteiger charge is 2.31. The number of rotatable bonds is 3. The van der Waals surface area contributed by atoms with E-state index in [9.17, 15) is 22.4 Å². The predicted octanol–water partition coefficient (Wildman–Crippen LogP) is 5.33. The van der Waals surface area contributed by atoms with E-state index in [1.807, 2.05) is 13.0 Å². The van der Waals surface area contributed by atoms with E-state index in [4.69, 9.17) is 5.73 Å². The summed E-state index contributed by atoms with van der Waals surface area (Å²) in [6.07, 6.45) is -2.99. The van der Waals surface area contributed by atoms with E-state index in [0.717, 1.165) is 22.4 Å². The maximum Gasteiger partial charge on any atom is 0.416 e. The number of carbonyl (C=O) groups excluding carboxylic acids is 1. The number of aliphatic imine (C=N–C) groups is 1. The summed E-state index contributed by atoms with van der Waals surface area (Å²) in [5.41, 5.74) is 7.94. The van der Waals surface area contributed by atoms with Gasteiger partial charge < -0.3 is 16.4 Å². The smallest absolute Gasteiger partial charge is 0.383 e. The number of alkyl halides is 3. The van der Waals surface area contributed by atoms with Gasteiger partial charge in [-0.2, -0.15) is 13.2 Å². The molecule has 4 rings (SSSR count). The van der Waals surface area contributed by atoms with Crippen LogP contribution in [0, 0.1) is 5.82 Å². The number of amides is 2. The van der Waals surface area contributed by atoms with Crippen LogP contribution in [0.4, 0.5) is 33.7 Å². The minimum Gasteiger partial charge on any atom is -0.383 e. The van der Waals surface area contributed by atoms with Crippen molar-refractivity contribution in [3.8, 4) is 11.1 Å². The molecule has 0 aliphatic carbocycles. The molecule has 6 nitrogen and oxygen atoms in total. The predicted molar refractivity (Wildman–Crippen MR) is 113 cm³/mol. The lowest BCUT2D eigenvalue weighted by Crippen LogP contribution is -2.20. The summed E-state index contributed by atoms with van der Waals surface area (Å²) in [6.45, 7) is 1.90. The number of aromatic nitrogens is 1. The van der Waals surface area contributed by atoms with E-state index in [0.29, 0.717) is 29.7 Å². The highest BCUT2D eigenvalue weighted by atomic mass is 19.4. The second kappa shape index (κ2) is 7.95. The Morgan fingerprint density at radius 1 is 1.06 bits per heavy atom. The topological polar surface area (TPSA) is 92.4 Å². The Balaban J connectivity index is 1.50. The van der Waals surface area contributed by atoms with Gasteiger partial charge in [0.25, 0.3) is 0 Å². The summed E-state index contributed by atoms with van der Waals surface area (Å²) in [5, 5.41) is 4.56. The molecule has 1 aliphatic rings. The summed E-state index contributed by atoms with van der Waals surface area (Å²) >= 11 is 0. The standard InChI is InChI=1S/C22H17F4N5O/c1-11-19-18(20(27)29-11)15(8-9-28-19)12-2-5-14(6-3-12)30-21(32)31-17-10-13(22(24,25)26)4-7-16(17)23/h2-11H,1H3,(H2,27,29)(H2,30,31,32). The lowest BCUT2D eigenvalue weighted by Gasteiger charge is -2.12. The van der Waals surface area contributed by atoms with Gasteiger partial charge >= 0.3 is 12.2 Å². The van der Waals surface area contributed by atoms with E-state index in [-0.39, 0.29) is 6.04 Å². The zero-order chi connectivity index (χ0) is 23.0. The number of pyridine rings is 1. The number of anilines is 2. The summed E-state index contributed by atoms with van der Waals surface area (Å²) in [7, 11) is 0. The molecule has 0 saturated carbocycles. The average Bonchev–Trinajstić information content (AvgIpc) is 3.03. The number of carbonyl (C=O) groups is 1. The first-order valence-corrected chi connectivity index (χ1v) is 9.51. The summed E-state index contributed by atoms with van der Waals surface area (Å²) < 4.78 is 52.3. The fourth-order valence-electron chi connectivity index (χ4n) is 3.45. The number of hydrogen-bond acceptors (Lipinski definition) is 4. The number of urea groups is 1. The first-order valence-electron chi connectivity index (χ1n) is 9.51. The lowest BCUT2D eigenvalue weighted by atomic mass is 9.98. The third kappa shape index (κ3) is 4.11. The highest BCUT2D eigenvalue weighted by molar-refractivity contribution is 6.06. The van der Waals surface area contributed by atoms with Crippen LogP contribution in [0.5, 0.6) is 0 Å². The first-order chi connectivity index (χ1) is 15.1. The van der Waals surface area contributed by atoms with Crippen LogP contribution in [0.2, 0.25) is 0 Å². The Kier molecular flexibility index (Phi) is 5.29. The van der Waals surface area contributed by atoms with E-state index in [1.165, 1.54) is 0 Å². The van der Waals surface area contributed by atoms with Gasteiger partial charge in [-0.25, -0.2) is 9.18 Å². The van der Waals surface area contributed by atoms with Gasteiger partial charge in [0.15, 0.2) is 0 Å². The number of nitrogens with zero attached hydrogens (tertiary/aromatic N) is 2. The number of fused-ring (bicyclic) bond motifs is 1. The Morgan fingerprint density at radius 3 is 2.47 bits per heavy atom. The van der Waals surface area contributed by atoms with Crippen LogP contribution in [-0.2, 0) is 6.18 Å². The molecular weight excluding hydrogens is 426 g/mol. The maximum absolute atomic E-state index is 13.8. The van der Waals surface area contributed by atoms with Gasteiger partial charge in [0.05, 0.1) is 23.0 Å². The third-order valence-electron chi connectivity index (χ3n) is 4.96. The monoisotopic (exact) mass is 443 g/mol. The number of halogens is 4. The maximum atomic E-state index is 13.8. The van der Waals surface area contributed by atoms with Crippen LogP contribution in [0.3, 0.4) is 0 Å². The first kappa shape index (κ1) is 21.3. The number of nitrogens with one attached hydrogen (secondary N) is 2. The molecule has 2 aromatic carbocycles. The normalized spacial score (nSPS) is 15.2. The summed E-state index contributed by atoms with van der Waals surface area (Å²) in [6, 6.07) is 9.28. The average molecular weight is 443 g/mol. The molecule has 0 radical (unpaired) electrons. The molecule has 0 spiro atoms. The Morgan fingerprint density at radius 2 is 1.78 bits per heavy atom. The molecule has 2 heterocycles. The van der Waals surface area contributed by atoms with Gasteiger partial charge in [0.1, 0.15) is 11.7 Å². The van der Waals surface area contributed by atoms with Gasteiger partial charge in [-0.15, -0.1) is 0 Å². The molecule has 1 atom stereocenters. The minimum absolute atomic E-state index is 0.133. The van der Waals surface area contributed by atoms with Crippen molar-refractivity contribution in [2.45, 2.75) is 19.1 Å². The SMILES string of the molecule is CC1N=C(N)c2c(-c3ccc(NC(=O)Nc4cc(C(F)(F)F)ccc4F)cc3)ccnc21. The van der Waals surface area contributed by atoms with Crippen molar-refractivity contribution in [2.75, 3.05) is 10.6 Å². The van der Waals surface area contributed by atoms with E-state index < -0.39 is 29.3 Å². The van der Waals surface area contributed by atoms with Crippen LogP contribution in [0.1, 0.15) is 29.8 Å². The molecule has 1 aromatic heterocycles. The Hall–Kier alpha value is -3.95. The fraction of sp³-hybridized carbons (Fsp3) is 0.136. The van der Waals surface area contributed by atoms with Crippen LogP contribution in [-0.4, -0.2) is 16.9 Å². The number of nitrogens with two attached hydrogens (primary N) is 1. The van der Waals surface area contributed by atoms with E-state index in [1.54, 1.807) is 30.5 Å². The second-order valence-corrected chi connectivity index (χ2v) is 7.16. The van der Waals surface area contributed by atoms with Crippen molar-refractivity contribution in [1.29, 1.82) is 0 Å². The molecule has 4 N–H and O–H groups in total. The number of hydrogen-bond donors (Lipinski definition) is 3. The van der Waals surface area contributed by atoms with Crippen LogP contribution in [0.15, 0.2) is 59.7 Å². The van der Waals surface area contributed by atoms with Crippen LogP contribution in [0.25, 0.3) is 11.1 Å². The largest absolute Gasteiger partial charge is 0.416 e. The van der Waals surface area contributed by atoms with Gasteiger partial charge in [0.2, 0.25) is 0 Å². The van der Waals surface area contributed by atoms with E-state index >= 15 is 0 Å². The fourth-order valence-corrected chi connectivity index (χ4v) is 3.45. The van der Waals surface area contributed by atoms with Gasteiger partial charge in [0, 0.05) is 17.4 Å². The molecule has 2 amide bonds. The Labute approximate surface area is 180 Å². The molecule has 3 aromatic rings. The van der Waals surface area contributed by atoms with E-state index in [2.05, 4.69) is 20.6 Å². The molecule has 164 valence electrons. The van der Waals surface area contributed by atoms with Crippen molar-refractivity contribution < 1.29 is 22.4 Å². The minimum atomic E-state index is -4.66. The van der Waals surface area contributed by atoms with Gasteiger partial charge in [-0.1, -0.05) is 12.1 Å². The van der Waals surface area contributed by atoms with Crippen molar-refractivity contribution in [2.24, 2.45) is 10.7 Å². The third-order valence-corrected chi connectivity index (χ3v) is 4.96. The summed E-state index contributed by atoms with van der Waals surface area (Å²) in [5.74, 6) is -0.580. The van der Waals surface area contributed by atoms with Crippen LogP contribution < -0.4 is 16.4 Å². The quantitative estimate of drug-likeness (QED) is 0.478. The van der Waals surface area contributed by atoms with Crippen molar-refractivity contribution in [1.82, 2.24) is 4.98 Å². The molecular formula is C22H17F4N5O. The van der Waals surface area contributed by atoms with Crippen molar-refractivity contribution in [3.63, 3.8) is 0 Å². The summed E-state index contributed by atoms with van der Waals surface area (Å²) in [4.78, 5) is 20.8. The molecule has 10 heteroatoms. The molecule has 1 aliphatic heterocycles. The zero-order valence-corrected chi connectivity index (χ0v) is 16.7. The van der Waals surface area contributed by atoms with Crippen molar-refractivity contribution in [3.05, 3.63) is 77.4 Å². The number of benzene rings is 2. The second-order valence-electron chi connectivity index (χ2n) is 7.16. The molecule has 1 unspecified atom stereocenters. The highest BCUT2D eigenvalue weighted by Crippen LogP contribution is 2.34. The lowest BCUT2D eigenvalue weighted by molar-refractivity contribution is -0.137. The van der Waals surface area contributed by atoms with Crippen LogP contribution >= 0.6 is 0 Å². The zero-order valence-electron chi connectivity index (χ0n) is 16.7.